The van der Waals surface area contributed by atoms with Crippen molar-refractivity contribution < 1.29 is 18.0 Å². The van der Waals surface area contributed by atoms with E-state index >= 15 is 0 Å². The number of rotatable bonds is 7. The number of aromatic nitrogens is 1. The van der Waals surface area contributed by atoms with Crippen molar-refractivity contribution in [3.63, 3.8) is 0 Å². The lowest BCUT2D eigenvalue weighted by molar-refractivity contribution is -0.117. The molecule has 3 N–H and O–H groups in total. The minimum atomic E-state index is -3.39. The predicted octanol–water partition coefficient (Wildman–Crippen LogP) is 2.04. The van der Waals surface area contributed by atoms with Crippen LogP contribution in [0.4, 0.5) is 16.5 Å². The van der Waals surface area contributed by atoms with Crippen LogP contribution >= 0.6 is 11.3 Å². The fraction of sp³-hybridized carbons (Fsp3) is 0.312. The van der Waals surface area contributed by atoms with Crippen LogP contribution in [0.15, 0.2) is 29.6 Å². The molecule has 1 aliphatic rings. The van der Waals surface area contributed by atoms with E-state index in [1.54, 1.807) is 23.6 Å². The molecule has 0 spiro atoms. The largest absolute Gasteiger partial charge is 0.326 e. The van der Waals surface area contributed by atoms with Crippen molar-refractivity contribution in [2.75, 3.05) is 21.6 Å². The van der Waals surface area contributed by atoms with E-state index in [0.717, 1.165) is 19.1 Å². The third kappa shape index (κ3) is 5.53. The zero-order valence-electron chi connectivity index (χ0n) is 14.0. The normalized spacial score (nSPS) is 13.9. The van der Waals surface area contributed by atoms with Gasteiger partial charge in [0.05, 0.1) is 24.1 Å². The van der Waals surface area contributed by atoms with Crippen molar-refractivity contribution in [1.29, 1.82) is 0 Å². The summed E-state index contributed by atoms with van der Waals surface area (Å²) in [6.45, 7) is 0. The van der Waals surface area contributed by atoms with Crippen LogP contribution in [0.2, 0.25) is 0 Å². The van der Waals surface area contributed by atoms with Gasteiger partial charge in [0.25, 0.3) is 0 Å². The number of thiazole rings is 1. The molecule has 0 atom stereocenters. The number of nitrogens with zero attached hydrogens (tertiary/aromatic N) is 1. The molecule has 10 heteroatoms. The van der Waals surface area contributed by atoms with Gasteiger partial charge < -0.3 is 10.6 Å². The molecule has 1 fully saturated rings. The zero-order chi connectivity index (χ0) is 18.7. The summed E-state index contributed by atoms with van der Waals surface area (Å²) in [5.74, 6) is -0.212. The molecule has 0 unspecified atom stereocenters. The number of anilines is 3. The lowest BCUT2D eigenvalue weighted by Crippen LogP contribution is -2.16. The smallest absolute Gasteiger partial charge is 0.230 e. The summed E-state index contributed by atoms with van der Waals surface area (Å²) in [4.78, 5) is 28.1. The van der Waals surface area contributed by atoms with Crippen LogP contribution in [-0.2, 0) is 26.0 Å². The van der Waals surface area contributed by atoms with Crippen LogP contribution < -0.4 is 15.4 Å². The van der Waals surface area contributed by atoms with E-state index < -0.39 is 10.0 Å². The fourth-order valence-electron chi connectivity index (χ4n) is 2.24. The van der Waals surface area contributed by atoms with E-state index in [2.05, 4.69) is 20.3 Å². The highest BCUT2D eigenvalue weighted by atomic mass is 32.2. The van der Waals surface area contributed by atoms with Gasteiger partial charge in [-0.3, -0.25) is 14.3 Å². The highest BCUT2D eigenvalue weighted by molar-refractivity contribution is 7.92. The second kappa shape index (κ2) is 7.42. The number of benzene rings is 1. The SMILES string of the molecule is CS(=O)(=O)Nc1cccc(NC(=O)Cc2csc(NC(=O)C3CC3)n2)c1. The van der Waals surface area contributed by atoms with Crippen LogP contribution in [0, 0.1) is 5.92 Å². The summed E-state index contributed by atoms with van der Waals surface area (Å²) in [7, 11) is -3.39. The Hall–Kier alpha value is -2.46. The molecule has 1 aliphatic carbocycles. The maximum atomic E-state index is 12.2. The number of amides is 2. The lowest BCUT2D eigenvalue weighted by atomic mass is 10.2. The van der Waals surface area contributed by atoms with E-state index in [-0.39, 0.29) is 24.2 Å². The first-order valence-electron chi connectivity index (χ1n) is 7.91. The Balaban J connectivity index is 1.56. The summed E-state index contributed by atoms with van der Waals surface area (Å²) in [5, 5.41) is 7.66. The summed E-state index contributed by atoms with van der Waals surface area (Å²) in [6.07, 6.45) is 2.94. The van der Waals surface area contributed by atoms with Crippen LogP contribution in [0.25, 0.3) is 0 Å². The van der Waals surface area contributed by atoms with E-state index in [4.69, 9.17) is 0 Å². The molecular weight excluding hydrogens is 376 g/mol. The maximum absolute atomic E-state index is 12.2. The van der Waals surface area contributed by atoms with Gasteiger partial charge in [-0.1, -0.05) is 6.07 Å². The fourth-order valence-corrected chi connectivity index (χ4v) is 3.51. The van der Waals surface area contributed by atoms with Crippen molar-refractivity contribution in [1.82, 2.24) is 4.98 Å². The van der Waals surface area contributed by atoms with Crippen LogP contribution in [0.5, 0.6) is 0 Å². The minimum Gasteiger partial charge on any atom is -0.326 e. The second-order valence-electron chi connectivity index (χ2n) is 6.09. The highest BCUT2D eigenvalue weighted by Crippen LogP contribution is 2.30. The zero-order valence-corrected chi connectivity index (χ0v) is 15.6. The first kappa shape index (κ1) is 18.3. The number of sulfonamides is 1. The quantitative estimate of drug-likeness (QED) is 0.664. The predicted molar refractivity (Wildman–Crippen MR) is 101 cm³/mol. The molecule has 138 valence electrons. The molecule has 8 nitrogen and oxygen atoms in total. The Kier molecular flexibility index (Phi) is 5.23. The van der Waals surface area contributed by atoms with E-state index in [0.29, 0.717) is 22.2 Å². The van der Waals surface area contributed by atoms with Crippen LogP contribution in [0.1, 0.15) is 18.5 Å². The standard InChI is InChI=1S/C16H18N4O4S2/c1-26(23,24)20-12-4-2-3-11(7-12)17-14(21)8-13-9-25-16(18-13)19-15(22)10-5-6-10/h2-4,7,9-10,20H,5-6,8H2,1H3,(H,17,21)(H,18,19,22). The van der Waals surface area contributed by atoms with Gasteiger partial charge in [0.2, 0.25) is 21.8 Å². The topological polar surface area (TPSA) is 117 Å². The Labute approximate surface area is 155 Å². The molecule has 0 aliphatic heterocycles. The molecule has 0 radical (unpaired) electrons. The Morgan fingerprint density at radius 1 is 1.23 bits per heavy atom. The van der Waals surface area contributed by atoms with Gasteiger partial charge in [0.1, 0.15) is 0 Å². The number of hydrogen-bond donors (Lipinski definition) is 3. The molecule has 2 aromatic rings. The number of carbonyl (C=O) groups is 2. The van der Waals surface area contributed by atoms with Crippen molar-refractivity contribution in [3.05, 3.63) is 35.3 Å². The van der Waals surface area contributed by atoms with Gasteiger partial charge in [-0.15, -0.1) is 11.3 Å². The summed E-state index contributed by atoms with van der Waals surface area (Å²) in [6, 6.07) is 6.42. The molecule has 0 bridgehead atoms. The van der Waals surface area contributed by atoms with Crippen molar-refractivity contribution in [3.8, 4) is 0 Å². The Morgan fingerprint density at radius 2 is 1.96 bits per heavy atom. The first-order valence-corrected chi connectivity index (χ1v) is 10.7. The summed E-state index contributed by atoms with van der Waals surface area (Å²) in [5.41, 5.74) is 1.40. The molecular formula is C16H18N4O4S2. The van der Waals surface area contributed by atoms with Crippen molar-refractivity contribution >= 4 is 49.7 Å². The monoisotopic (exact) mass is 394 g/mol. The Bertz CT molecular complexity index is 935. The van der Waals surface area contributed by atoms with Gasteiger partial charge in [-0.2, -0.15) is 0 Å². The van der Waals surface area contributed by atoms with Crippen LogP contribution in [-0.4, -0.2) is 31.5 Å². The molecule has 26 heavy (non-hydrogen) atoms. The number of carbonyl (C=O) groups excluding carboxylic acids is 2. The number of hydrogen-bond acceptors (Lipinski definition) is 6. The van der Waals surface area contributed by atoms with Crippen molar-refractivity contribution in [2.45, 2.75) is 19.3 Å². The van der Waals surface area contributed by atoms with E-state index in [1.807, 2.05) is 0 Å². The van der Waals surface area contributed by atoms with E-state index in [1.165, 1.54) is 17.4 Å². The second-order valence-corrected chi connectivity index (χ2v) is 8.69. The van der Waals surface area contributed by atoms with Crippen LogP contribution in [0.3, 0.4) is 0 Å². The minimum absolute atomic E-state index is 0.0226. The molecule has 1 saturated carbocycles. The first-order chi connectivity index (χ1) is 12.3. The average molecular weight is 394 g/mol. The lowest BCUT2D eigenvalue weighted by Gasteiger charge is -2.08. The molecule has 1 heterocycles. The van der Waals surface area contributed by atoms with Gasteiger partial charge in [-0.05, 0) is 31.0 Å². The molecule has 2 amide bonds. The van der Waals surface area contributed by atoms with Crippen molar-refractivity contribution in [2.24, 2.45) is 5.92 Å². The van der Waals surface area contributed by atoms with Gasteiger partial charge in [0, 0.05) is 17.0 Å². The molecule has 3 rings (SSSR count). The van der Waals surface area contributed by atoms with Gasteiger partial charge in [-0.25, -0.2) is 13.4 Å². The molecule has 1 aromatic carbocycles. The maximum Gasteiger partial charge on any atom is 0.230 e. The summed E-state index contributed by atoms with van der Waals surface area (Å²) < 4.78 is 24.9. The van der Waals surface area contributed by atoms with Gasteiger partial charge >= 0.3 is 0 Å². The van der Waals surface area contributed by atoms with Gasteiger partial charge in [0.15, 0.2) is 5.13 Å². The average Bonchev–Trinajstić information content (AvgIpc) is 3.29. The Morgan fingerprint density at radius 3 is 2.65 bits per heavy atom. The third-order valence-corrected chi connectivity index (χ3v) is 4.93. The molecule has 1 aromatic heterocycles. The highest BCUT2D eigenvalue weighted by Gasteiger charge is 2.30. The third-order valence-electron chi connectivity index (χ3n) is 3.52. The van der Waals surface area contributed by atoms with E-state index in [9.17, 15) is 18.0 Å². The number of nitrogens with one attached hydrogen (secondary N) is 3. The summed E-state index contributed by atoms with van der Waals surface area (Å²) >= 11 is 1.28. The molecule has 0 saturated heterocycles.